The van der Waals surface area contributed by atoms with Crippen molar-refractivity contribution in [1.29, 1.82) is 0 Å². The Kier molecular flexibility index (Phi) is 4.60. The molecule has 1 fully saturated rings. The zero-order valence-electron chi connectivity index (χ0n) is 14.1. The Morgan fingerprint density at radius 2 is 1.96 bits per heavy atom. The van der Waals surface area contributed by atoms with Gasteiger partial charge in [-0.3, -0.25) is 0 Å². The molecule has 3 N–H and O–H groups in total. The summed E-state index contributed by atoms with van der Waals surface area (Å²) in [6, 6.07) is 8.61. The number of urea groups is 1. The van der Waals surface area contributed by atoms with Gasteiger partial charge in [-0.1, -0.05) is 51.3 Å². The molecule has 3 rings (SSSR count). The normalized spacial score (nSPS) is 16.4. The van der Waals surface area contributed by atoms with E-state index in [2.05, 4.69) is 53.9 Å². The van der Waals surface area contributed by atoms with Crippen molar-refractivity contribution in [2.24, 2.45) is 0 Å². The minimum absolute atomic E-state index is 0.0372. The van der Waals surface area contributed by atoms with Crippen molar-refractivity contribution >= 4 is 16.9 Å². The van der Waals surface area contributed by atoms with Crippen LogP contribution in [0.3, 0.4) is 0 Å². The summed E-state index contributed by atoms with van der Waals surface area (Å²) in [5.41, 5.74) is 2.26. The van der Waals surface area contributed by atoms with Crippen molar-refractivity contribution in [2.75, 3.05) is 6.54 Å². The molecule has 1 saturated carbocycles. The van der Waals surface area contributed by atoms with E-state index in [-0.39, 0.29) is 11.4 Å². The largest absolute Gasteiger partial charge is 0.361 e. The van der Waals surface area contributed by atoms with Crippen LogP contribution >= 0.6 is 0 Å². The molecule has 124 valence electrons. The van der Waals surface area contributed by atoms with Crippen molar-refractivity contribution in [3.63, 3.8) is 0 Å². The highest BCUT2D eigenvalue weighted by Crippen LogP contribution is 2.29. The highest BCUT2D eigenvalue weighted by Gasteiger charge is 2.25. The first-order valence-corrected chi connectivity index (χ1v) is 8.67. The number of nitrogens with one attached hydrogen (secondary N) is 3. The van der Waals surface area contributed by atoms with Crippen LogP contribution in [0.5, 0.6) is 0 Å². The van der Waals surface area contributed by atoms with Gasteiger partial charge >= 0.3 is 6.03 Å². The van der Waals surface area contributed by atoms with E-state index in [9.17, 15) is 4.79 Å². The SMILES string of the molecule is CC(C)(CNC(=O)NC1CCCCC1)c1c[nH]c2ccccc12. The predicted molar refractivity (Wildman–Crippen MR) is 94.7 cm³/mol. The van der Waals surface area contributed by atoms with E-state index < -0.39 is 0 Å². The smallest absolute Gasteiger partial charge is 0.315 e. The zero-order chi connectivity index (χ0) is 16.3. The minimum atomic E-state index is -0.122. The van der Waals surface area contributed by atoms with Gasteiger partial charge in [-0.15, -0.1) is 0 Å². The molecule has 0 spiro atoms. The van der Waals surface area contributed by atoms with Gasteiger partial charge in [-0.05, 0) is 24.5 Å². The highest BCUT2D eigenvalue weighted by molar-refractivity contribution is 5.84. The van der Waals surface area contributed by atoms with Crippen LogP contribution in [0.25, 0.3) is 10.9 Å². The molecule has 0 bridgehead atoms. The van der Waals surface area contributed by atoms with Crippen LogP contribution in [0, 0.1) is 0 Å². The van der Waals surface area contributed by atoms with E-state index in [4.69, 9.17) is 0 Å². The number of hydrogen-bond donors (Lipinski definition) is 3. The Morgan fingerprint density at radius 3 is 2.74 bits per heavy atom. The van der Waals surface area contributed by atoms with Crippen LogP contribution in [0.15, 0.2) is 30.5 Å². The van der Waals surface area contributed by atoms with Crippen LogP contribution in [0.4, 0.5) is 4.79 Å². The van der Waals surface area contributed by atoms with Gasteiger partial charge in [0.1, 0.15) is 0 Å². The molecule has 1 aliphatic carbocycles. The van der Waals surface area contributed by atoms with Crippen LogP contribution in [0.1, 0.15) is 51.5 Å². The fourth-order valence-electron chi connectivity index (χ4n) is 3.51. The number of carbonyl (C=O) groups excluding carboxylic acids is 1. The summed E-state index contributed by atoms with van der Waals surface area (Å²) in [5, 5.41) is 7.40. The van der Waals surface area contributed by atoms with E-state index in [1.165, 1.54) is 30.2 Å². The monoisotopic (exact) mass is 313 g/mol. The van der Waals surface area contributed by atoms with E-state index in [1.807, 2.05) is 6.07 Å². The first-order valence-electron chi connectivity index (χ1n) is 8.67. The fraction of sp³-hybridized carbons (Fsp3) is 0.526. The number of H-pyrrole nitrogens is 1. The van der Waals surface area contributed by atoms with Crippen LogP contribution in [0.2, 0.25) is 0 Å². The Bertz CT molecular complexity index is 668. The third-order valence-electron chi connectivity index (χ3n) is 4.95. The summed E-state index contributed by atoms with van der Waals surface area (Å²) in [6.45, 7) is 4.96. The molecule has 0 unspecified atom stereocenters. The first kappa shape index (κ1) is 15.9. The number of fused-ring (bicyclic) bond motifs is 1. The molecule has 1 heterocycles. The van der Waals surface area contributed by atoms with Gasteiger partial charge in [0.05, 0.1) is 0 Å². The van der Waals surface area contributed by atoms with Gasteiger partial charge in [0.15, 0.2) is 0 Å². The molecule has 1 aliphatic rings. The van der Waals surface area contributed by atoms with Crippen LogP contribution < -0.4 is 10.6 Å². The third-order valence-corrected chi connectivity index (χ3v) is 4.95. The molecule has 0 radical (unpaired) electrons. The molecule has 23 heavy (non-hydrogen) atoms. The quantitative estimate of drug-likeness (QED) is 0.783. The average molecular weight is 313 g/mol. The molecular weight excluding hydrogens is 286 g/mol. The highest BCUT2D eigenvalue weighted by atomic mass is 16.2. The van der Waals surface area contributed by atoms with E-state index in [0.717, 1.165) is 18.4 Å². The van der Waals surface area contributed by atoms with Gasteiger partial charge < -0.3 is 15.6 Å². The molecule has 4 heteroatoms. The summed E-state index contributed by atoms with van der Waals surface area (Å²) >= 11 is 0. The minimum Gasteiger partial charge on any atom is -0.361 e. The van der Waals surface area contributed by atoms with Gasteiger partial charge in [0.2, 0.25) is 0 Å². The number of amides is 2. The van der Waals surface area contributed by atoms with Crippen LogP contribution in [-0.4, -0.2) is 23.6 Å². The van der Waals surface area contributed by atoms with Crippen LogP contribution in [-0.2, 0) is 5.41 Å². The molecule has 1 aromatic heterocycles. The van der Waals surface area contributed by atoms with Crippen molar-refractivity contribution in [2.45, 2.75) is 57.4 Å². The Labute approximate surface area is 138 Å². The molecule has 0 saturated heterocycles. The lowest BCUT2D eigenvalue weighted by Crippen LogP contribution is -2.46. The maximum Gasteiger partial charge on any atom is 0.315 e. The zero-order valence-corrected chi connectivity index (χ0v) is 14.1. The Hall–Kier alpha value is -1.97. The second kappa shape index (κ2) is 6.65. The molecular formula is C19H27N3O. The number of carbonyl (C=O) groups is 1. The van der Waals surface area contributed by atoms with Crippen molar-refractivity contribution in [3.8, 4) is 0 Å². The number of benzene rings is 1. The number of hydrogen-bond acceptors (Lipinski definition) is 1. The fourth-order valence-corrected chi connectivity index (χ4v) is 3.51. The molecule has 2 aromatic rings. The number of aromatic nitrogens is 1. The maximum atomic E-state index is 12.2. The third kappa shape index (κ3) is 3.69. The van der Waals surface area contributed by atoms with Gasteiger partial charge in [0.25, 0.3) is 0 Å². The summed E-state index contributed by atoms with van der Waals surface area (Å²) < 4.78 is 0. The average Bonchev–Trinajstić information content (AvgIpc) is 2.99. The Balaban J connectivity index is 1.60. The maximum absolute atomic E-state index is 12.2. The summed E-state index contributed by atoms with van der Waals surface area (Å²) in [5.74, 6) is 0. The molecule has 4 nitrogen and oxygen atoms in total. The second-order valence-electron chi connectivity index (χ2n) is 7.29. The van der Waals surface area contributed by atoms with Crippen molar-refractivity contribution in [1.82, 2.24) is 15.6 Å². The Morgan fingerprint density at radius 1 is 1.22 bits per heavy atom. The topological polar surface area (TPSA) is 56.9 Å². The number of aromatic amines is 1. The van der Waals surface area contributed by atoms with E-state index >= 15 is 0 Å². The lowest BCUT2D eigenvalue weighted by atomic mass is 9.84. The lowest BCUT2D eigenvalue weighted by Gasteiger charge is -2.27. The lowest BCUT2D eigenvalue weighted by molar-refractivity contribution is 0.230. The van der Waals surface area contributed by atoms with Gasteiger partial charge in [-0.2, -0.15) is 0 Å². The van der Waals surface area contributed by atoms with Crippen molar-refractivity contribution in [3.05, 3.63) is 36.0 Å². The van der Waals surface area contributed by atoms with E-state index in [0.29, 0.717) is 12.6 Å². The molecule has 0 aliphatic heterocycles. The summed E-state index contributed by atoms with van der Waals surface area (Å²) in [4.78, 5) is 15.5. The van der Waals surface area contributed by atoms with E-state index in [1.54, 1.807) is 0 Å². The number of para-hydroxylation sites is 1. The molecule has 1 aromatic carbocycles. The summed E-state index contributed by atoms with van der Waals surface area (Å²) in [6.07, 6.45) is 8.04. The first-order chi connectivity index (χ1) is 11.1. The van der Waals surface area contributed by atoms with Gasteiger partial charge in [0, 0.05) is 35.1 Å². The number of rotatable bonds is 4. The van der Waals surface area contributed by atoms with Gasteiger partial charge in [-0.25, -0.2) is 4.79 Å². The molecule has 2 amide bonds. The predicted octanol–water partition coefficient (Wildman–Crippen LogP) is 4.08. The second-order valence-corrected chi connectivity index (χ2v) is 7.29. The summed E-state index contributed by atoms with van der Waals surface area (Å²) in [7, 11) is 0. The standard InChI is InChI=1S/C19H27N3O/c1-19(2,16-12-20-17-11-7-6-10-15(16)17)13-21-18(23)22-14-8-4-3-5-9-14/h6-7,10-12,14,20H,3-5,8-9,13H2,1-2H3,(H2,21,22,23). The van der Waals surface area contributed by atoms with Crippen molar-refractivity contribution < 1.29 is 4.79 Å². The molecule has 0 atom stereocenters.